The summed E-state index contributed by atoms with van der Waals surface area (Å²) in [6.07, 6.45) is 6.63. The third-order valence-corrected chi connectivity index (χ3v) is 7.03. The average Bonchev–Trinajstić information content (AvgIpc) is 2.84. The molecule has 2 aromatic carbocycles. The van der Waals surface area contributed by atoms with Crippen LogP contribution in [0.1, 0.15) is 28.9 Å². The minimum absolute atomic E-state index is 0.170. The zero-order valence-electron chi connectivity index (χ0n) is 18.6. The van der Waals surface area contributed by atoms with Crippen LogP contribution < -0.4 is 5.32 Å². The van der Waals surface area contributed by atoms with Gasteiger partial charge in [-0.2, -0.15) is 0 Å². The van der Waals surface area contributed by atoms with Crippen LogP contribution in [0.15, 0.2) is 71.9 Å². The summed E-state index contributed by atoms with van der Waals surface area (Å²) in [6, 6.07) is 16.5. The highest BCUT2D eigenvalue weighted by molar-refractivity contribution is 7.90. The number of hydrogen-bond acceptors (Lipinski definition) is 7. The fraction of sp³-hybridized carbons (Fsp3) is 0.320. The number of hydrogen-bond donors (Lipinski definition) is 1. The van der Waals surface area contributed by atoms with Crippen LogP contribution in [0.4, 0.5) is 0 Å². The van der Waals surface area contributed by atoms with Gasteiger partial charge in [-0.05, 0) is 25.0 Å². The zero-order valence-corrected chi connectivity index (χ0v) is 19.5. The molecule has 0 unspecified atom stereocenters. The van der Waals surface area contributed by atoms with Crippen molar-refractivity contribution in [1.29, 1.82) is 0 Å². The number of ketones is 1. The number of benzene rings is 2. The molecule has 172 valence electrons. The first kappa shape index (κ1) is 23.2. The standard InChI is InChI=1S/C25H28N4O3S/c1-33(31,32)23-9-7-19(8-10-23)24-17-27-22(16-28-24)15-26-21-11-13-29(14-12-21)18-25(30)20-5-3-2-4-6-20/h2-10,16-17,21,26H,11-15,18H2,1H3. The lowest BCUT2D eigenvalue weighted by atomic mass is 10.0. The molecule has 33 heavy (non-hydrogen) atoms. The first-order chi connectivity index (χ1) is 15.9. The van der Waals surface area contributed by atoms with Crippen molar-refractivity contribution in [2.75, 3.05) is 25.9 Å². The van der Waals surface area contributed by atoms with Crippen molar-refractivity contribution in [3.05, 3.63) is 78.2 Å². The minimum atomic E-state index is -3.21. The molecule has 2 heterocycles. The molecular formula is C25H28N4O3S. The first-order valence-corrected chi connectivity index (χ1v) is 12.9. The van der Waals surface area contributed by atoms with Crippen LogP contribution >= 0.6 is 0 Å². The van der Waals surface area contributed by atoms with Crippen LogP contribution in [0, 0.1) is 0 Å². The number of nitrogens with zero attached hydrogens (tertiary/aromatic N) is 3. The topological polar surface area (TPSA) is 92.3 Å². The van der Waals surface area contributed by atoms with Crippen LogP contribution in [-0.2, 0) is 16.4 Å². The summed E-state index contributed by atoms with van der Waals surface area (Å²) in [5.74, 6) is 0.170. The van der Waals surface area contributed by atoms with E-state index in [0.717, 1.165) is 42.8 Å². The maximum absolute atomic E-state index is 12.4. The monoisotopic (exact) mass is 464 g/mol. The molecule has 1 aliphatic heterocycles. The smallest absolute Gasteiger partial charge is 0.176 e. The van der Waals surface area contributed by atoms with Crippen molar-refractivity contribution >= 4 is 15.6 Å². The van der Waals surface area contributed by atoms with Crippen LogP contribution in [-0.4, -0.2) is 61.0 Å². The lowest BCUT2D eigenvalue weighted by Crippen LogP contribution is -2.44. The molecule has 1 aromatic heterocycles. The van der Waals surface area contributed by atoms with Crippen molar-refractivity contribution in [3.63, 3.8) is 0 Å². The summed E-state index contributed by atoms with van der Waals surface area (Å²) < 4.78 is 23.2. The minimum Gasteiger partial charge on any atom is -0.308 e. The second-order valence-electron chi connectivity index (χ2n) is 8.41. The highest BCUT2D eigenvalue weighted by Gasteiger charge is 2.21. The Morgan fingerprint density at radius 2 is 1.70 bits per heavy atom. The Balaban J connectivity index is 1.24. The van der Waals surface area contributed by atoms with Gasteiger partial charge in [0.05, 0.1) is 35.2 Å². The summed E-state index contributed by atoms with van der Waals surface area (Å²) in [5.41, 5.74) is 3.15. The predicted molar refractivity (Wildman–Crippen MR) is 128 cm³/mol. The molecule has 0 radical (unpaired) electrons. The average molecular weight is 465 g/mol. The second-order valence-corrected chi connectivity index (χ2v) is 10.4. The van der Waals surface area contributed by atoms with Crippen LogP contribution in [0.5, 0.6) is 0 Å². The molecule has 1 fully saturated rings. The number of aromatic nitrogens is 2. The molecule has 0 atom stereocenters. The Bertz CT molecular complexity index is 1170. The van der Waals surface area contributed by atoms with Gasteiger partial charge < -0.3 is 5.32 Å². The molecule has 7 nitrogen and oxygen atoms in total. The van der Waals surface area contributed by atoms with Crippen molar-refractivity contribution in [2.24, 2.45) is 0 Å². The largest absolute Gasteiger partial charge is 0.308 e. The fourth-order valence-electron chi connectivity index (χ4n) is 3.93. The Hall–Kier alpha value is -2.94. The Labute approximate surface area is 194 Å². The van der Waals surface area contributed by atoms with Gasteiger partial charge in [0.1, 0.15) is 0 Å². The third kappa shape index (κ3) is 6.31. The lowest BCUT2D eigenvalue weighted by Gasteiger charge is -2.32. The van der Waals surface area contributed by atoms with Crippen LogP contribution in [0.2, 0.25) is 0 Å². The van der Waals surface area contributed by atoms with E-state index in [0.29, 0.717) is 24.8 Å². The van der Waals surface area contributed by atoms with Crippen molar-refractivity contribution < 1.29 is 13.2 Å². The number of likely N-dealkylation sites (tertiary alicyclic amines) is 1. The highest BCUT2D eigenvalue weighted by Crippen LogP contribution is 2.19. The van der Waals surface area contributed by atoms with E-state index in [-0.39, 0.29) is 10.7 Å². The zero-order chi connectivity index (χ0) is 23.3. The van der Waals surface area contributed by atoms with Gasteiger partial charge in [-0.3, -0.25) is 19.7 Å². The van der Waals surface area contributed by atoms with Gasteiger partial charge in [0.2, 0.25) is 0 Å². The number of nitrogens with one attached hydrogen (secondary N) is 1. The van der Waals surface area contributed by atoms with E-state index in [4.69, 9.17) is 0 Å². The number of sulfone groups is 1. The molecule has 0 bridgehead atoms. The van der Waals surface area contributed by atoms with Gasteiger partial charge in [0.25, 0.3) is 0 Å². The number of rotatable bonds is 8. The number of piperidine rings is 1. The Kier molecular flexibility index (Phi) is 7.27. The SMILES string of the molecule is CS(=O)(=O)c1ccc(-c2cnc(CNC3CCN(CC(=O)c4ccccc4)CC3)cn2)cc1. The van der Waals surface area contributed by atoms with E-state index in [1.165, 1.54) is 6.26 Å². The molecule has 8 heteroatoms. The Morgan fingerprint density at radius 3 is 2.30 bits per heavy atom. The molecular weight excluding hydrogens is 436 g/mol. The first-order valence-electron chi connectivity index (χ1n) is 11.0. The van der Waals surface area contributed by atoms with Gasteiger partial charge in [-0.1, -0.05) is 42.5 Å². The molecule has 1 aliphatic rings. The summed E-state index contributed by atoms with van der Waals surface area (Å²) in [7, 11) is -3.21. The predicted octanol–water partition coefficient (Wildman–Crippen LogP) is 2.98. The van der Waals surface area contributed by atoms with E-state index in [1.807, 2.05) is 30.3 Å². The van der Waals surface area contributed by atoms with Crippen molar-refractivity contribution in [3.8, 4) is 11.3 Å². The number of carbonyl (C=O) groups is 1. The second kappa shape index (κ2) is 10.3. The maximum Gasteiger partial charge on any atom is 0.176 e. The quantitative estimate of drug-likeness (QED) is 0.512. The van der Waals surface area contributed by atoms with Gasteiger partial charge >= 0.3 is 0 Å². The molecule has 1 N–H and O–H groups in total. The summed E-state index contributed by atoms with van der Waals surface area (Å²) >= 11 is 0. The summed E-state index contributed by atoms with van der Waals surface area (Å²) in [6.45, 7) is 2.89. The summed E-state index contributed by atoms with van der Waals surface area (Å²) in [5, 5.41) is 3.55. The number of Topliss-reactive ketones (excluding diaryl/α,β-unsaturated/α-hetero) is 1. The molecule has 4 rings (SSSR count). The lowest BCUT2D eigenvalue weighted by molar-refractivity contribution is 0.0904. The van der Waals surface area contributed by atoms with Gasteiger partial charge in [-0.15, -0.1) is 0 Å². The molecule has 3 aromatic rings. The van der Waals surface area contributed by atoms with Gasteiger partial charge in [-0.25, -0.2) is 8.42 Å². The Morgan fingerprint density at radius 1 is 1.00 bits per heavy atom. The van der Waals surface area contributed by atoms with Gasteiger partial charge in [0, 0.05) is 43.1 Å². The fourth-order valence-corrected chi connectivity index (χ4v) is 4.56. The highest BCUT2D eigenvalue weighted by atomic mass is 32.2. The number of carbonyl (C=O) groups excluding carboxylic acids is 1. The van der Waals surface area contributed by atoms with Crippen LogP contribution in [0.3, 0.4) is 0 Å². The maximum atomic E-state index is 12.4. The van der Waals surface area contributed by atoms with E-state index >= 15 is 0 Å². The van der Waals surface area contributed by atoms with Crippen molar-refractivity contribution in [1.82, 2.24) is 20.2 Å². The van der Waals surface area contributed by atoms with E-state index < -0.39 is 9.84 Å². The van der Waals surface area contributed by atoms with E-state index in [2.05, 4.69) is 20.2 Å². The normalized spacial score (nSPS) is 15.4. The van der Waals surface area contributed by atoms with E-state index in [9.17, 15) is 13.2 Å². The van der Waals surface area contributed by atoms with E-state index in [1.54, 1.807) is 36.7 Å². The molecule has 0 saturated carbocycles. The van der Waals surface area contributed by atoms with Crippen molar-refractivity contribution in [2.45, 2.75) is 30.3 Å². The molecule has 0 aliphatic carbocycles. The third-order valence-electron chi connectivity index (χ3n) is 5.91. The molecule has 0 spiro atoms. The summed E-state index contributed by atoms with van der Waals surface area (Å²) in [4.78, 5) is 23.9. The molecule has 0 amide bonds. The molecule has 1 saturated heterocycles. The van der Waals surface area contributed by atoms with Crippen LogP contribution in [0.25, 0.3) is 11.3 Å². The van der Waals surface area contributed by atoms with Gasteiger partial charge in [0.15, 0.2) is 15.6 Å².